The Balaban J connectivity index is 2.25. The van der Waals surface area contributed by atoms with Gasteiger partial charge in [0.2, 0.25) is 0 Å². The average Bonchev–Trinajstić information content (AvgIpc) is 3.08. The van der Waals surface area contributed by atoms with Crippen molar-refractivity contribution in [3.05, 3.63) is 29.6 Å². The lowest BCUT2D eigenvalue weighted by atomic mass is 10.2. The van der Waals surface area contributed by atoms with Gasteiger partial charge in [-0.3, -0.25) is 0 Å². The summed E-state index contributed by atoms with van der Waals surface area (Å²) >= 11 is 0. The third-order valence-electron chi connectivity index (χ3n) is 3.10. The lowest BCUT2D eigenvalue weighted by Crippen LogP contribution is -2.07. The first-order valence-corrected chi connectivity index (χ1v) is 5.65. The fourth-order valence-electron chi connectivity index (χ4n) is 2.16. The predicted octanol–water partition coefficient (Wildman–Crippen LogP) is 1.53. The Morgan fingerprint density at radius 2 is 2.29 bits per heavy atom. The summed E-state index contributed by atoms with van der Waals surface area (Å²) in [7, 11) is 0. The Bertz CT molecular complexity index is 599. The van der Waals surface area contributed by atoms with Crippen LogP contribution in [0.2, 0.25) is 0 Å². The number of aromatic nitrogens is 2. The summed E-state index contributed by atoms with van der Waals surface area (Å²) in [5.74, 6) is -0.0743. The van der Waals surface area contributed by atoms with Crippen molar-refractivity contribution in [3.63, 3.8) is 0 Å². The van der Waals surface area contributed by atoms with Crippen molar-refractivity contribution in [1.29, 1.82) is 0 Å². The highest BCUT2D eigenvalue weighted by atomic mass is 16.4. The van der Waals surface area contributed by atoms with E-state index in [9.17, 15) is 4.79 Å². The summed E-state index contributed by atoms with van der Waals surface area (Å²) in [5, 5.41) is 9.00. The molecular formula is C12H13N3O2. The third-order valence-corrected chi connectivity index (χ3v) is 3.10. The largest absolute Gasteiger partial charge is 0.478 e. The second kappa shape index (κ2) is 3.56. The number of carboxylic acid groups (broad SMARTS) is 1. The molecule has 17 heavy (non-hydrogen) atoms. The van der Waals surface area contributed by atoms with Crippen molar-refractivity contribution >= 4 is 17.0 Å². The van der Waals surface area contributed by atoms with E-state index < -0.39 is 5.97 Å². The Morgan fingerprint density at radius 3 is 2.88 bits per heavy atom. The van der Waals surface area contributed by atoms with Gasteiger partial charge in [0.1, 0.15) is 5.82 Å². The molecule has 1 aliphatic carbocycles. The number of benzene rings is 1. The number of nitrogens with zero attached hydrogens (tertiary/aromatic N) is 2. The summed E-state index contributed by atoms with van der Waals surface area (Å²) in [6, 6.07) is 5.45. The lowest BCUT2D eigenvalue weighted by molar-refractivity contribution is 0.0697. The highest BCUT2D eigenvalue weighted by Crippen LogP contribution is 2.38. The molecule has 1 aromatic heterocycles. The minimum absolute atomic E-state index is 0.294. The number of imidazole rings is 1. The maximum atomic E-state index is 11.0. The first-order chi connectivity index (χ1) is 8.20. The van der Waals surface area contributed by atoms with Gasteiger partial charge in [-0.1, -0.05) is 0 Å². The standard InChI is InChI=1S/C12H13N3O2/c13-6-11-14-9-4-1-7(12(16)17)5-10(9)15(11)8-2-3-8/h1,4-5,8H,2-3,6,13H2,(H,16,17). The van der Waals surface area contributed by atoms with E-state index in [1.807, 2.05) is 0 Å². The monoisotopic (exact) mass is 231 g/mol. The van der Waals surface area contributed by atoms with E-state index >= 15 is 0 Å². The molecule has 1 heterocycles. The van der Waals surface area contributed by atoms with E-state index in [-0.39, 0.29) is 0 Å². The fraction of sp³-hybridized carbons (Fsp3) is 0.333. The van der Waals surface area contributed by atoms with Gasteiger partial charge in [0.15, 0.2) is 0 Å². The van der Waals surface area contributed by atoms with Crippen molar-refractivity contribution in [2.75, 3.05) is 0 Å². The average molecular weight is 231 g/mol. The molecule has 2 aromatic rings. The van der Waals surface area contributed by atoms with E-state index in [4.69, 9.17) is 10.8 Å². The van der Waals surface area contributed by atoms with Crippen molar-refractivity contribution in [2.45, 2.75) is 25.4 Å². The molecule has 1 aliphatic rings. The Labute approximate surface area is 97.9 Å². The van der Waals surface area contributed by atoms with Crippen molar-refractivity contribution in [2.24, 2.45) is 5.73 Å². The number of nitrogens with two attached hydrogens (primary N) is 1. The van der Waals surface area contributed by atoms with Gasteiger partial charge in [0, 0.05) is 6.04 Å². The molecule has 0 radical (unpaired) electrons. The van der Waals surface area contributed by atoms with Crippen LogP contribution in [0.1, 0.15) is 35.1 Å². The van der Waals surface area contributed by atoms with E-state index in [0.717, 1.165) is 29.7 Å². The maximum Gasteiger partial charge on any atom is 0.335 e. The molecule has 0 unspecified atom stereocenters. The van der Waals surface area contributed by atoms with E-state index in [2.05, 4.69) is 9.55 Å². The van der Waals surface area contributed by atoms with Gasteiger partial charge >= 0.3 is 5.97 Å². The normalized spacial score (nSPS) is 15.4. The van der Waals surface area contributed by atoms with Crippen LogP contribution in [0, 0.1) is 0 Å². The molecule has 1 aromatic carbocycles. The molecule has 88 valence electrons. The molecule has 0 spiro atoms. The van der Waals surface area contributed by atoms with Gasteiger partial charge in [-0.05, 0) is 31.0 Å². The smallest absolute Gasteiger partial charge is 0.335 e. The Hall–Kier alpha value is -1.88. The lowest BCUT2D eigenvalue weighted by Gasteiger charge is -2.05. The highest BCUT2D eigenvalue weighted by Gasteiger charge is 2.27. The van der Waals surface area contributed by atoms with Gasteiger partial charge in [-0.25, -0.2) is 9.78 Å². The quantitative estimate of drug-likeness (QED) is 0.839. The first kappa shape index (κ1) is 10.3. The van der Waals surface area contributed by atoms with Crippen LogP contribution in [0.4, 0.5) is 0 Å². The van der Waals surface area contributed by atoms with Crippen LogP contribution in [0.25, 0.3) is 11.0 Å². The van der Waals surface area contributed by atoms with Gasteiger partial charge < -0.3 is 15.4 Å². The Morgan fingerprint density at radius 1 is 1.53 bits per heavy atom. The molecule has 1 saturated carbocycles. The Kier molecular flexibility index (Phi) is 2.16. The number of aromatic carboxylic acids is 1. The minimum Gasteiger partial charge on any atom is -0.478 e. The van der Waals surface area contributed by atoms with E-state index in [1.54, 1.807) is 18.2 Å². The van der Waals surface area contributed by atoms with E-state index in [0.29, 0.717) is 18.2 Å². The third kappa shape index (κ3) is 1.59. The zero-order valence-corrected chi connectivity index (χ0v) is 9.26. The molecule has 0 bridgehead atoms. The highest BCUT2D eigenvalue weighted by molar-refractivity contribution is 5.92. The minimum atomic E-state index is -0.912. The van der Waals surface area contributed by atoms with Crippen LogP contribution in [-0.4, -0.2) is 20.6 Å². The second-order valence-electron chi connectivity index (χ2n) is 4.34. The number of rotatable bonds is 3. The molecule has 3 N–H and O–H groups in total. The van der Waals surface area contributed by atoms with Crippen LogP contribution in [0.3, 0.4) is 0 Å². The SMILES string of the molecule is NCc1nc2ccc(C(=O)O)cc2n1C1CC1. The zero-order valence-electron chi connectivity index (χ0n) is 9.26. The van der Waals surface area contributed by atoms with Gasteiger partial charge in [-0.2, -0.15) is 0 Å². The topological polar surface area (TPSA) is 81.1 Å². The number of carbonyl (C=O) groups is 1. The van der Waals surface area contributed by atoms with Crippen LogP contribution >= 0.6 is 0 Å². The number of fused-ring (bicyclic) bond motifs is 1. The van der Waals surface area contributed by atoms with Gasteiger partial charge in [0.05, 0.1) is 23.1 Å². The summed E-state index contributed by atoms with van der Waals surface area (Å²) < 4.78 is 2.09. The second-order valence-corrected chi connectivity index (χ2v) is 4.34. The van der Waals surface area contributed by atoms with Crippen molar-refractivity contribution < 1.29 is 9.90 Å². The van der Waals surface area contributed by atoms with Gasteiger partial charge in [0.25, 0.3) is 0 Å². The van der Waals surface area contributed by atoms with Gasteiger partial charge in [-0.15, -0.1) is 0 Å². The molecular weight excluding hydrogens is 218 g/mol. The molecule has 1 fully saturated rings. The molecule has 5 heteroatoms. The van der Waals surface area contributed by atoms with Crippen molar-refractivity contribution in [3.8, 4) is 0 Å². The summed E-state index contributed by atoms with van der Waals surface area (Å²) in [5.41, 5.74) is 7.68. The van der Waals surface area contributed by atoms with Crippen LogP contribution < -0.4 is 5.73 Å². The number of hydrogen-bond acceptors (Lipinski definition) is 3. The first-order valence-electron chi connectivity index (χ1n) is 5.65. The molecule has 3 rings (SSSR count). The molecule has 0 aliphatic heterocycles. The molecule has 0 atom stereocenters. The fourth-order valence-corrected chi connectivity index (χ4v) is 2.16. The molecule has 5 nitrogen and oxygen atoms in total. The van der Waals surface area contributed by atoms with Crippen LogP contribution in [0.5, 0.6) is 0 Å². The van der Waals surface area contributed by atoms with Crippen LogP contribution in [-0.2, 0) is 6.54 Å². The number of hydrogen-bond donors (Lipinski definition) is 2. The maximum absolute atomic E-state index is 11.0. The van der Waals surface area contributed by atoms with Crippen molar-refractivity contribution in [1.82, 2.24) is 9.55 Å². The molecule has 0 saturated heterocycles. The zero-order chi connectivity index (χ0) is 12.0. The predicted molar refractivity (Wildman–Crippen MR) is 62.9 cm³/mol. The summed E-state index contributed by atoms with van der Waals surface area (Å²) in [6.45, 7) is 0.383. The molecule has 0 amide bonds. The van der Waals surface area contributed by atoms with E-state index in [1.165, 1.54) is 0 Å². The van der Waals surface area contributed by atoms with Crippen LogP contribution in [0.15, 0.2) is 18.2 Å². The summed E-state index contributed by atoms with van der Waals surface area (Å²) in [6.07, 6.45) is 2.24. The summed E-state index contributed by atoms with van der Waals surface area (Å²) in [4.78, 5) is 15.4. The number of carboxylic acids is 1.